The van der Waals surface area contributed by atoms with Crippen molar-refractivity contribution in [1.82, 2.24) is 25.5 Å². The smallest absolute Gasteiger partial charge is 0.316 e. The van der Waals surface area contributed by atoms with E-state index in [1.54, 1.807) is 14.1 Å². The molecule has 0 saturated heterocycles. The molecule has 1 aromatic rings. The molecule has 0 aliphatic rings. The number of carbonyl (C=O) groups is 2. The van der Waals surface area contributed by atoms with Crippen LogP contribution in [0.5, 0.6) is 0 Å². The van der Waals surface area contributed by atoms with Gasteiger partial charge in [0.05, 0.1) is 12.4 Å². The van der Waals surface area contributed by atoms with E-state index in [1.807, 2.05) is 6.92 Å². The molecule has 0 bridgehead atoms. The maximum atomic E-state index is 11.7. The van der Waals surface area contributed by atoms with Crippen LogP contribution in [0, 0.1) is 0 Å². The molecule has 0 unspecified atom stereocenters. The van der Waals surface area contributed by atoms with Gasteiger partial charge in [-0.25, -0.2) is 14.8 Å². The number of hydrogen-bond acceptors (Lipinski definition) is 5. The normalized spacial score (nSPS) is 9.75. The van der Waals surface area contributed by atoms with Crippen LogP contribution in [0.15, 0.2) is 12.4 Å². The molecule has 0 spiro atoms. The second-order valence-electron chi connectivity index (χ2n) is 4.20. The summed E-state index contributed by atoms with van der Waals surface area (Å²) in [6.45, 7) is 3.37. The Morgan fingerprint density at radius 2 is 1.85 bits per heavy atom. The third-order valence-corrected chi connectivity index (χ3v) is 2.34. The highest BCUT2D eigenvalue weighted by Crippen LogP contribution is 2.00. The van der Waals surface area contributed by atoms with Gasteiger partial charge in [-0.3, -0.25) is 4.79 Å². The van der Waals surface area contributed by atoms with Crippen LogP contribution in [-0.4, -0.2) is 60.5 Å². The number of hydrogen-bond donors (Lipinski definition) is 3. The number of nitrogens with zero attached hydrogens (tertiary/aromatic N) is 3. The van der Waals surface area contributed by atoms with E-state index in [0.717, 1.165) is 6.54 Å². The van der Waals surface area contributed by atoms with E-state index in [2.05, 4.69) is 25.9 Å². The van der Waals surface area contributed by atoms with Gasteiger partial charge in [0.2, 0.25) is 0 Å². The second-order valence-corrected chi connectivity index (χ2v) is 4.20. The SMILES string of the molecule is CCNc1cnc(C(=O)NCCNC(=O)N(C)C)cn1. The minimum absolute atomic E-state index is 0.200. The van der Waals surface area contributed by atoms with Crippen molar-refractivity contribution in [2.45, 2.75) is 6.92 Å². The molecule has 0 aromatic carbocycles. The van der Waals surface area contributed by atoms with Gasteiger partial charge in [-0.15, -0.1) is 0 Å². The van der Waals surface area contributed by atoms with Gasteiger partial charge in [0.25, 0.3) is 5.91 Å². The van der Waals surface area contributed by atoms with Crippen molar-refractivity contribution in [3.8, 4) is 0 Å². The third kappa shape index (κ3) is 5.09. The molecular formula is C12H20N6O2. The zero-order valence-corrected chi connectivity index (χ0v) is 11.9. The summed E-state index contributed by atoms with van der Waals surface area (Å²) in [6.07, 6.45) is 2.91. The number of carbonyl (C=O) groups excluding carboxylic acids is 2. The van der Waals surface area contributed by atoms with E-state index >= 15 is 0 Å². The number of urea groups is 1. The molecule has 1 rings (SSSR count). The number of aromatic nitrogens is 2. The van der Waals surface area contributed by atoms with Crippen LogP contribution < -0.4 is 16.0 Å². The van der Waals surface area contributed by atoms with Crippen LogP contribution in [0.4, 0.5) is 10.6 Å². The van der Waals surface area contributed by atoms with Gasteiger partial charge in [-0.1, -0.05) is 0 Å². The highest BCUT2D eigenvalue weighted by atomic mass is 16.2. The molecular weight excluding hydrogens is 260 g/mol. The van der Waals surface area contributed by atoms with Gasteiger partial charge in [-0.2, -0.15) is 0 Å². The van der Waals surface area contributed by atoms with Crippen LogP contribution in [0.1, 0.15) is 17.4 Å². The lowest BCUT2D eigenvalue weighted by Gasteiger charge is -2.12. The summed E-state index contributed by atoms with van der Waals surface area (Å²) in [7, 11) is 3.30. The van der Waals surface area contributed by atoms with Crippen molar-refractivity contribution < 1.29 is 9.59 Å². The average Bonchev–Trinajstić information content (AvgIpc) is 2.44. The van der Waals surface area contributed by atoms with Gasteiger partial charge in [0, 0.05) is 33.7 Å². The van der Waals surface area contributed by atoms with Crippen LogP contribution >= 0.6 is 0 Å². The van der Waals surface area contributed by atoms with Crippen LogP contribution in [0.25, 0.3) is 0 Å². The zero-order chi connectivity index (χ0) is 15.0. The maximum Gasteiger partial charge on any atom is 0.316 e. The Morgan fingerprint density at radius 1 is 1.15 bits per heavy atom. The molecule has 3 amide bonds. The Labute approximate surface area is 118 Å². The second kappa shape index (κ2) is 7.93. The minimum Gasteiger partial charge on any atom is -0.369 e. The summed E-state index contributed by atoms with van der Waals surface area (Å²) >= 11 is 0. The molecule has 0 saturated carbocycles. The molecule has 0 radical (unpaired) electrons. The fourth-order valence-corrected chi connectivity index (χ4v) is 1.31. The van der Waals surface area contributed by atoms with E-state index in [1.165, 1.54) is 17.3 Å². The standard InChI is InChI=1S/C12H20N6O2/c1-4-13-10-8-16-9(7-17-10)11(19)14-5-6-15-12(20)18(2)3/h7-8H,4-6H2,1-3H3,(H,13,17)(H,14,19)(H,15,20). The summed E-state index contributed by atoms with van der Waals surface area (Å²) in [4.78, 5) is 32.5. The first-order valence-corrected chi connectivity index (χ1v) is 6.34. The number of anilines is 1. The zero-order valence-electron chi connectivity index (χ0n) is 11.9. The monoisotopic (exact) mass is 280 g/mol. The first-order chi connectivity index (χ1) is 9.54. The molecule has 0 aliphatic carbocycles. The molecule has 20 heavy (non-hydrogen) atoms. The van der Waals surface area contributed by atoms with Gasteiger partial charge in [0.15, 0.2) is 0 Å². The van der Waals surface area contributed by atoms with Crippen molar-refractivity contribution in [2.75, 3.05) is 39.0 Å². The Bertz CT molecular complexity index is 446. The Morgan fingerprint density at radius 3 is 2.40 bits per heavy atom. The van der Waals surface area contributed by atoms with Crippen molar-refractivity contribution in [2.24, 2.45) is 0 Å². The van der Waals surface area contributed by atoms with E-state index in [9.17, 15) is 9.59 Å². The van der Waals surface area contributed by atoms with Crippen molar-refractivity contribution in [3.63, 3.8) is 0 Å². The molecule has 110 valence electrons. The molecule has 8 nitrogen and oxygen atoms in total. The quantitative estimate of drug-likeness (QED) is 0.632. The number of rotatable bonds is 6. The number of amides is 3. The largest absolute Gasteiger partial charge is 0.369 e. The molecule has 1 aromatic heterocycles. The number of nitrogens with one attached hydrogen (secondary N) is 3. The highest BCUT2D eigenvalue weighted by molar-refractivity contribution is 5.92. The Balaban J connectivity index is 2.34. The van der Waals surface area contributed by atoms with Crippen LogP contribution in [-0.2, 0) is 0 Å². The van der Waals surface area contributed by atoms with Crippen molar-refractivity contribution in [3.05, 3.63) is 18.1 Å². The fourth-order valence-electron chi connectivity index (χ4n) is 1.31. The first kappa shape index (κ1) is 15.7. The maximum absolute atomic E-state index is 11.7. The lowest BCUT2D eigenvalue weighted by molar-refractivity contribution is 0.0948. The highest BCUT2D eigenvalue weighted by Gasteiger charge is 2.07. The first-order valence-electron chi connectivity index (χ1n) is 6.34. The molecule has 3 N–H and O–H groups in total. The predicted molar refractivity (Wildman–Crippen MR) is 75.6 cm³/mol. The van der Waals surface area contributed by atoms with E-state index in [4.69, 9.17) is 0 Å². The Hall–Kier alpha value is -2.38. The summed E-state index contributed by atoms with van der Waals surface area (Å²) in [5, 5.41) is 8.28. The lowest BCUT2D eigenvalue weighted by Crippen LogP contribution is -2.39. The minimum atomic E-state index is -0.320. The van der Waals surface area contributed by atoms with E-state index in [-0.39, 0.29) is 17.6 Å². The van der Waals surface area contributed by atoms with Crippen molar-refractivity contribution in [1.29, 1.82) is 0 Å². The topological polar surface area (TPSA) is 99.2 Å². The van der Waals surface area contributed by atoms with E-state index in [0.29, 0.717) is 18.9 Å². The molecule has 8 heteroatoms. The third-order valence-electron chi connectivity index (χ3n) is 2.34. The fraction of sp³-hybridized carbons (Fsp3) is 0.500. The summed E-state index contributed by atoms with van der Waals surface area (Å²) in [5.41, 5.74) is 0.241. The lowest BCUT2D eigenvalue weighted by atomic mass is 10.4. The average molecular weight is 280 g/mol. The summed E-state index contributed by atoms with van der Waals surface area (Å²) in [5.74, 6) is 0.307. The summed E-state index contributed by atoms with van der Waals surface area (Å²) in [6, 6.07) is -0.200. The van der Waals surface area contributed by atoms with Gasteiger partial charge in [0.1, 0.15) is 11.5 Å². The Kier molecular flexibility index (Phi) is 6.21. The predicted octanol–water partition coefficient (Wildman–Crippen LogP) is -0.0906. The van der Waals surface area contributed by atoms with Crippen LogP contribution in [0.2, 0.25) is 0 Å². The van der Waals surface area contributed by atoms with Crippen molar-refractivity contribution >= 4 is 17.8 Å². The molecule has 0 fully saturated rings. The van der Waals surface area contributed by atoms with Gasteiger partial charge < -0.3 is 20.9 Å². The van der Waals surface area contributed by atoms with Gasteiger partial charge in [-0.05, 0) is 6.92 Å². The van der Waals surface area contributed by atoms with Gasteiger partial charge >= 0.3 is 6.03 Å². The molecule has 0 atom stereocenters. The molecule has 0 aliphatic heterocycles. The summed E-state index contributed by atoms with van der Waals surface area (Å²) < 4.78 is 0. The molecule has 1 heterocycles. The van der Waals surface area contributed by atoms with E-state index < -0.39 is 0 Å². The van der Waals surface area contributed by atoms with Crippen LogP contribution in [0.3, 0.4) is 0 Å².